The molecule has 0 heterocycles. The summed E-state index contributed by atoms with van der Waals surface area (Å²) >= 11 is 5.96. The van der Waals surface area contributed by atoms with Crippen molar-refractivity contribution in [2.75, 3.05) is 17.2 Å². The maximum Gasteiger partial charge on any atom is 0.319 e. The van der Waals surface area contributed by atoms with Gasteiger partial charge in [0.25, 0.3) is 0 Å². The molecule has 23 heavy (non-hydrogen) atoms. The molecule has 0 aliphatic rings. The molecule has 0 aromatic heterocycles. The summed E-state index contributed by atoms with van der Waals surface area (Å²) in [7, 11) is 0. The summed E-state index contributed by atoms with van der Waals surface area (Å²) < 4.78 is 13.4. The van der Waals surface area contributed by atoms with E-state index < -0.39 is 17.8 Å². The van der Waals surface area contributed by atoms with Gasteiger partial charge in [0.15, 0.2) is 0 Å². The molecule has 0 saturated carbocycles. The molecular formula is C16H15ClFN3O2. The van der Waals surface area contributed by atoms with E-state index in [1.54, 1.807) is 24.3 Å². The van der Waals surface area contributed by atoms with Crippen molar-refractivity contribution in [3.63, 3.8) is 0 Å². The third-order valence-corrected chi connectivity index (χ3v) is 3.39. The first kappa shape index (κ1) is 16.8. The van der Waals surface area contributed by atoms with Crippen molar-refractivity contribution in [3.05, 3.63) is 58.9 Å². The fourth-order valence-corrected chi connectivity index (χ4v) is 1.94. The van der Waals surface area contributed by atoms with E-state index in [1.807, 2.05) is 6.92 Å². The van der Waals surface area contributed by atoms with Gasteiger partial charge in [-0.15, -0.1) is 0 Å². The van der Waals surface area contributed by atoms with Crippen molar-refractivity contribution in [2.45, 2.75) is 6.92 Å². The summed E-state index contributed by atoms with van der Waals surface area (Å²) in [6.07, 6.45) is 0. The lowest BCUT2D eigenvalue weighted by atomic mass is 10.2. The van der Waals surface area contributed by atoms with Crippen LogP contribution in [0.3, 0.4) is 0 Å². The fraction of sp³-hybridized carbons (Fsp3) is 0.125. The predicted octanol–water partition coefficient (Wildman–Crippen LogP) is 3.55. The number of anilines is 2. The van der Waals surface area contributed by atoms with Gasteiger partial charge in [0.05, 0.1) is 12.2 Å². The molecular weight excluding hydrogens is 321 g/mol. The van der Waals surface area contributed by atoms with E-state index in [-0.39, 0.29) is 12.2 Å². The molecule has 2 aromatic carbocycles. The minimum Gasteiger partial charge on any atom is -0.329 e. The van der Waals surface area contributed by atoms with E-state index in [0.717, 1.165) is 5.56 Å². The third-order valence-electron chi connectivity index (χ3n) is 2.99. The van der Waals surface area contributed by atoms with Gasteiger partial charge in [-0.2, -0.15) is 0 Å². The van der Waals surface area contributed by atoms with Crippen LogP contribution in [0.5, 0.6) is 0 Å². The molecule has 2 rings (SSSR count). The van der Waals surface area contributed by atoms with Gasteiger partial charge >= 0.3 is 6.03 Å². The van der Waals surface area contributed by atoms with Crippen LogP contribution in [-0.2, 0) is 4.79 Å². The minimum atomic E-state index is -0.561. The summed E-state index contributed by atoms with van der Waals surface area (Å²) in [6, 6.07) is 10.3. The first-order valence-electron chi connectivity index (χ1n) is 6.81. The number of hydrogen-bond donors (Lipinski definition) is 3. The molecule has 3 amide bonds. The molecule has 2 aromatic rings. The second kappa shape index (κ2) is 7.60. The maximum absolute atomic E-state index is 13.4. The van der Waals surface area contributed by atoms with E-state index >= 15 is 0 Å². The van der Waals surface area contributed by atoms with Gasteiger partial charge in [-0.25, -0.2) is 9.18 Å². The van der Waals surface area contributed by atoms with Gasteiger partial charge < -0.3 is 16.0 Å². The number of benzene rings is 2. The minimum absolute atomic E-state index is 0.0602. The summed E-state index contributed by atoms with van der Waals surface area (Å²) in [5.41, 5.74) is 1.46. The van der Waals surface area contributed by atoms with Crippen LogP contribution in [0.1, 0.15) is 5.56 Å². The molecule has 0 atom stereocenters. The van der Waals surface area contributed by atoms with Gasteiger partial charge in [0.2, 0.25) is 5.91 Å². The number of para-hydroxylation sites is 1. The molecule has 3 N–H and O–H groups in total. The van der Waals surface area contributed by atoms with Gasteiger partial charge in [0.1, 0.15) is 5.82 Å². The Morgan fingerprint density at radius 2 is 1.87 bits per heavy atom. The summed E-state index contributed by atoms with van der Waals surface area (Å²) in [5, 5.41) is 7.83. The maximum atomic E-state index is 13.4. The van der Waals surface area contributed by atoms with Crippen molar-refractivity contribution in [1.29, 1.82) is 0 Å². The summed E-state index contributed by atoms with van der Waals surface area (Å²) in [5.74, 6) is -1.08. The van der Waals surface area contributed by atoms with Crippen LogP contribution < -0.4 is 16.0 Å². The van der Waals surface area contributed by atoms with Crippen molar-refractivity contribution in [3.8, 4) is 0 Å². The average Bonchev–Trinajstić information content (AvgIpc) is 2.51. The number of urea groups is 1. The van der Waals surface area contributed by atoms with Crippen molar-refractivity contribution >= 4 is 34.9 Å². The van der Waals surface area contributed by atoms with Crippen LogP contribution in [0.2, 0.25) is 5.02 Å². The Balaban J connectivity index is 1.83. The van der Waals surface area contributed by atoms with Gasteiger partial charge in [-0.3, -0.25) is 4.79 Å². The Kier molecular flexibility index (Phi) is 5.54. The highest BCUT2D eigenvalue weighted by atomic mass is 35.5. The number of carbonyl (C=O) groups is 2. The second-order valence-corrected chi connectivity index (χ2v) is 5.21. The quantitative estimate of drug-likeness (QED) is 0.799. The molecule has 0 aliphatic carbocycles. The molecule has 0 fully saturated rings. The molecule has 0 bridgehead atoms. The lowest BCUT2D eigenvalue weighted by Gasteiger charge is -2.09. The van der Waals surface area contributed by atoms with Gasteiger partial charge in [-0.1, -0.05) is 29.8 Å². The normalized spacial score (nSPS) is 10.0. The average molecular weight is 336 g/mol. The molecule has 0 saturated heterocycles. The molecule has 0 aliphatic heterocycles. The smallest absolute Gasteiger partial charge is 0.319 e. The Morgan fingerprint density at radius 1 is 1.13 bits per heavy atom. The number of nitrogens with one attached hydrogen (secondary N) is 3. The van der Waals surface area contributed by atoms with E-state index in [2.05, 4.69) is 16.0 Å². The standard InChI is InChI=1S/C16H15ClFN3O2/c1-10-6-7-11(8-12(10)17)20-16(23)19-9-15(22)21-14-5-3-2-4-13(14)18/h2-8H,9H2,1H3,(H,21,22)(H2,19,20,23). The molecule has 120 valence electrons. The van der Waals surface area contributed by atoms with Crippen molar-refractivity contribution < 1.29 is 14.0 Å². The lowest BCUT2D eigenvalue weighted by molar-refractivity contribution is -0.115. The molecule has 0 spiro atoms. The zero-order chi connectivity index (χ0) is 16.8. The highest BCUT2D eigenvalue weighted by Gasteiger charge is 2.08. The molecule has 0 radical (unpaired) electrons. The molecule has 7 heteroatoms. The number of carbonyl (C=O) groups excluding carboxylic acids is 2. The monoisotopic (exact) mass is 335 g/mol. The van der Waals surface area contributed by atoms with Crippen LogP contribution in [0.15, 0.2) is 42.5 Å². The number of aryl methyl sites for hydroxylation is 1. The highest BCUT2D eigenvalue weighted by molar-refractivity contribution is 6.31. The lowest BCUT2D eigenvalue weighted by Crippen LogP contribution is -2.35. The number of amides is 3. The second-order valence-electron chi connectivity index (χ2n) is 4.80. The Morgan fingerprint density at radius 3 is 2.57 bits per heavy atom. The van der Waals surface area contributed by atoms with E-state index in [9.17, 15) is 14.0 Å². The Hall–Kier alpha value is -2.60. The zero-order valence-corrected chi connectivity index (χ0v) is 13.1. The zero-order valence-electron chi connectivity index (χ0n) is 12.3. The van der Waals surface area contributed by atoms with Crippen LogP contribution in [0.25, 0.3) is 0 Å². The fourth-order valence-electron chi connectivity index (χ4n) is 1.76. The van der Waals surface area contributed by atoms with E-state index in [0.29, 0.717) is 10.7 Å². The number of hydrogen-bond acceptors (Lipinski definition) is 2. The Bertz CT molecular complexity index is 737. The first-order chi connectivity index (χ1) is 11.0. The van der Waals surface area contributed by atoms with Gasteiger partial charge in [-0.05, 0) is 36.8 Å². The van der Waals surface area contributed by atoms with E-state index in [1.165, 1.54) is 18.2 Å². The SMILES string of the molecule is Cc1ccc(NC(=O)NCC(=O)Nc2ccccc2F)cc1Cl. The molecule has 0 unspecified atom stereocenters. The Labute approximate surface area is 137 Å². The van der Waals surface area contributed by atoms with Crippen molar-refractivity contribution in [1.82, 2.24) is 5.32 Å². The van der Waals surface area contributed by atoms with Crippen molar-refractivity contribution in [2.24, 2.45) is 0 Å². The summed E-state index contributed by atoms with van der Waals surface area (Å²) in [6.45, 7) is 1.55. The number of halogens is 2. The topological polar surface area (TPSA) is 70.2 Å². The van der Waals surface area contributed by atoms with Crippen LogP contribution >= 0.6 is 11.6 Å². The highest BCUT2D eigenvalue weighted by Crippen LogP contribution is 2.19. The van der Waals surface area contributed by atoms with E-state index in [4.69, 9.17) is 11.6 Å². The number of rotatable bonds is 4. The first-order valence-corrected chi connectivity index (χ1v) is 7.19. The van der Waals surface area contributed by atoms with Crippen LogP contribution in [0, 0.1) is 12.7 Å². The predicted molar refractivity (Wildman–Crippen MR) is 88.2 cm³/mol. The molecule has 5 nitrogen and oxygen atoms in total. The largest absolute Gasteiger partial charge is 0.329 e. The van der Waals surface area contributed by atoms with Crippen LogP contribution in [0.4, 0.5) is 20.6 Å². The van der Waals surface area contributed by atoms with Gasteiger partial charge in [0, 0.05) is 10.7 Å². The van der Waals surface area contributed by atoms with Crippen LogP contribution in [-0.4, -0.2) is 18.5 Å². The summed E-state index contributed by atoms with van der Waals surface area (Å²) in [4.78, 5) is 23.4. The third kappa shape index (κ3) is 4.96.